The van der Waals surface area contributed by atoms with Gasteiger partial charge in [-0.05, 0) is 49.2 Å². The summed E-state index contributed by atoms with van der Waals surface area (Å²) in [6.45, 7) is 2.46. The summed E-state index contributed by atoms with van der Waals surface area (Å²) in [4.78, 5) is 43.4. The van der Waals surface area contributed by atoms with Gasteiger partial charge in [0.15, 0.2) is 0 Å². The lowest BCUT2D eigenvalue weighted by Crippen LogP contribution is -2.38. The highest BCUT2D eigenvalue weighted by Gasteiger charge is 2.30. The topological polar surface area (TPSA) is 96.3 Å². The minimum atomic E-state index is -4.55. The van der Waals surface area contributed by atoms with E-state index < -0.39 is 23.6 Å². The average Bonchev–Trinajstić information content (AvgIpc) is 3.28. The molecule has 8 nitrogen and oxygen atoms in total. The molecule has 2 N–H and O–H groups in total. The number of imidazole rings is 1. The van der Waals surface area contributed by atoms with Crippen molar-refractivity contribution in [2.75, 3.05) is 17.2 Å². The first-order chi connectivity index (χ1) is 17.6. The van der Waals surface area contributed by atoms with Crippen LogP contribution in [0, 0.1) is 11.8 Å². The number of fused-ring (bicyclic) bond motifs is 1. The van der Waals surface area contributed by atoms with E-state index in [4.69, 9.17) is 11.6 Å². The Balaban J connectivity index is 1.49. The molecule has 3 amide bonds. The summed E-state index contributed by atoms with van der Waals surface area (Å²) in [5.74, 6) is 4.00. The number of carbonyl (C=O) groups excluding carboxylic acids is 3. The third kappa shape index (κ3) is 5.76. The van der Waals surface area contributed by atoms with Gasteiger partial charge in [-0.3, -0.25) is 14.4 Å². The Bertz CT molecular complexity index is 1460. The maximum Gasteiger partial charge on any atom is 0.416 e. The molecule has 3 aromatic rings. The third-order valence-corrected chi connectivity index (χ3v) is 5.87. The summed E-state index contributed by atoms with van der Waals surface area (Å²) in [5.41, 5.74) is -0.505. The standard InChI is InChI=1S/C25H19ClF3N5O3/c1-2-4-22(35)33-9-10-34-20(13-30-21(34)14-33)24(37)32-19-11-15(7-8-18(19)26)23(36)31-17-6-3-5-16(12-17)25(27,28)29/h3,5-8,11-13H,9-10,14H2,1H3,(H,31,36)(H,32,37). The van der Waals surface area contributed by atoms with Gasteiger partial charge in [0.05, 0.1) is 29.0 Å². The SMILES string of the molecule is CC#CC(=O)N1CCn2c(C(=O)Nc3cc(C(=O)Nc4cccc(C(F)(F)F)c4)ccc3Cl)cnc2C1. The van der Waals surface area contributed by atoms with Crippen LogP contribution in [0.1, 0.15) is 39.2 Å². The number of halogens is 4. The van der Waals surface area contributed by atoms with Crippen LogP contribution in [0.2, 0.25) is 5.02 Å². The lowest BCUT2D eigenvalue weighted by atomic mass is 10.1. The average molecular weight is 530 g/mol. The molecule has 0 fully saturated rings. The minimum Gasteiger partial charge on any atom is -0.323 e. The van der Waals surface area contributed by atoms with Crippen LogP contribution in [0.15, 0.2) is 48.7 Å². The number of amides is 3. The number of nitrogens with one attached hydrogen (secondary N) is 2. The number of hydrogen-bond acceptors (Lipinski definition) is 4. The van der Waals surface area contributed by atoms with E-state index in [1.807, 2.05) is 0 Å². The Morgan fingerprint density at radius 2 is 1.84 bits per heavy atom. The molecule has 0 unspecified atom stereocenters. The molecule has 0 bridgehead atoms. The van der Waals surface area contributed by atoms with Gasteiger partial charge in [-0.15, -0.1) is 0 Å². The predicted molar refractivity (Wildman–Crippen MR) is 130 cm³/mol. The molecule has 0 saturated carbocycles. The second-order valence-corrected chi connectivity index (χ2v) is 8.40. The molecule has 0 spiro atoms. The highest BCUT2D eigenvalue weighted by Crippen LogP contribution is 2.31. The van der Waals surface area contributed by atoms with Crippen LogP contribution in [0.3, 0.4) is 0 Å². The first-order valence-corrected chi connectivity index (χ1v) is 11.3. The summed E-state index contributed by atoms with van der Waals surface area (Å²) < 4.78 is 40.6. The molecule has 37 heavy (non-hydrogen) atoms. The van der Waals surface area contributed by atoms with Crippen molar-refractivity contribution in [3.63, 3.8) is 0 Å². The van der Waals surface area contributed by atoms with E-state index in [1.165, 1.54) is 41.4 Å². The Kier molecular flexibility index (Phi) is 7.22. The second kappa shape index (κ2) is 10.4. The Morgan fingerprint density at radius 1 is 1.05 bits per heavy atom. The van der Waals surface area contributed by atoms with Gasteiger partial charge in [0.25, 0.3) is 17.7 Å². The fraction of sp³-hybridized carbons (Fsp3) is 0.200. The van der Waals surface area contributed by atoms with Crippen molar-refractivity contribution >= 4 is 40.7 Å². The van der Waals surface area contributed by atoms with Gasteiger partial charge in [0.1, 0.15) is 11.5 Å². The zero-order valence-corrected chi connectivity index (χ0v) is 20.1. The van der Waals surface area contributed by atoms with E-state index in [-0.39, 0.29) is 40.1 Å². The van der Waals surface area contributed by atoms with Crippen LogP contribution in [0.5, 0.6) is 0 Å². The van der Waals surface area contributed by atoms with Crippen molar-refractivity contribution < 1.29 is 27.6 Å². The molecular weight excluding hydrogens is 511 g/mol. The molecule has 0 atom stereocenters. The minimum absolute atomic E-state index is 0.0382. The lowest BCUT2D eigenvalue weighted by molar-refractivity contribution is -0.137. The van der Waals surface area contributed by atoms with Crippen LogP contribution in [-0.4, -0.2) is 38.7 Å². The van der Waals surface area contributed by atoms with E-state index in [9.17, 15) is 27.6 Å². The van der Waals surface area contributed by atoms with Crippen molar-refractivity contribution in [2.45, 2.75) is 26.2 Å². The van der Waals surface area contributed by atoms with E-state index >= 15 is 0 Å². The maximum atomic E-state index is 13.0. The molecule has 0 aliphatic carbocycles. The zero-order chi connectivity index (χ0) is 26.7. The number of aromatic nitrogens is 2. The van der Waals surface area contributed by atoms with E-state index in [2.05, 4.69) is 27.5 Å². The van der Waals surface area contributed by atoms with Gasteiger partial charge in [-0.1, -0.05) is 23.6 Å². The van der Waals surface area contributed by atoms with Gasteiger partial charge in [-0.25, -0.2) is 4.98 Å². The molecule has 2 aromatic carbocycles. The van der Waals surface area contributed by atoms with E-state index in [0.29, 0.717) is 18.9 Å². The smallest absolute Gasteiger partial charge is 0.323 e. The molecular formula is C25H19ClF3N5O3. The van der Waals surface area contributed by atoms with Gasteiger partial charge >= 0.3 is 6.18 Å². The van der Waals surface area contributed by atoms with Crippen molar-refractivity contribution in [2.24, 2.45) is 0 Å². The summed E-state index contributed by atoms with van der Waals surface area (Å²) in [5, 5.41) is 5.20. The molecule has 1 aliphatic heterocycles. The van der Waals surface area contributed by atoms with E-state index in [0.717, 1.165) is 12.1 Å². The number of anilines is 2. The number of rotatable bonds is 4. The van der Waals surface area contributed by atoms with Crippen molar-refractivity contribution in [3.8, 4) is 11.8 Å². The molecule has 0 saturated heterocycles. The molecule has 1 aromatic heterocycles. The Hall–Kier alpha value is -4.30. The lowest BCUT2D eigenvalue weighted by Gasteiger charge is -2.26. The predicted octanol–water partition coefficient (Wildman–Crippen LogP) is 4.43. The first-order valence-electron chi connectivity index (χ1n) is 10.9. The monoisotopic (exact) mass is 529 g/mol. The van der Waals surface area contributed by atoms with Crippen molar-refractivity contribution in [1.29, 1.82) is 0 Å². The normalized spacial score (nSPS) is 12.7. The fourth-order valence-corrected chi connectivity index (χ4v) is 3.89. The van der Waals surface area contributed by atoms with Crippen LogP contribution in [-0.2, 0) is 24.1 Å². The van der Waals surface area contributed by atoms with Crippen LogP contribution in [0.25, 0.3) is 0 Å². The van der Waals surface area contributed by atoms with Crippen LogP contribution in [0.4, 0.5) is 24.5 Å². The summed E-state index contributed by atoms with van der Waals surface area (Å²) in [6, 6.07) is 8.33. The third-order valence-electron chi connectivity index (χ3n) is 5.54. The molecule has 4 rings (SSSR count). The Morgan fingerprint density at radius 3 is 2.57 bits per heavy atom. The summed E-state index contributed by atoms with van der Waals surface area (Å²) >= 11 is 6.21. The van der Waals surface area contributed by atoms with Crippen LogP contribution < -0.4 is 10.6 Å². The Labute approximate surface area is 214 Å². The van der Waals surface area contributed by atoms with Crippen LogP contribution >= 0.6 is 11.6 Å². The number of nitrogens with zero attached hydrogens (tertiary/aromatic N) is 3. The number of benzene rings is 2. The van der Waals surface area contributed by atoms with Crippen molar-refractivity contribution in [1.82, 2.24) is 14.5 Å². The first kappa shape index (κ1) is 25.8. The quantitative estimate of drug-likeness (QED) is 0.489. The number of hydrogen-bond donors (Lipinski definition) is 2. The number of carbonyl (C=O) groups is 3. The van der Waals surface area contributed by atoms with Gasteiger partial charge < -0.3 is 20.1 Å². The zero-order valence-electron chi connectivity index (χ0n) is 19.3. The molecule has 12 heteroatoms. The van der Waals surface area contributed by atoms with Gasteiger partial charge in [0, 0.05) is 24.3 Å². The van der Waals surface area contributed by atoms with Gasteiger partial charge in [-0.2, -0.15) is 13.2 Å². The fourth-order valence-electron chi connectivity index (χ4n) is 3.73. The van der Waals surface area contributed by atoms with E-state index in [1.54, 1.807) is 11.5 Å². The number of alkyl halides is 3. The summed E-state index contributed by atoms with van der Waals surface area (Å²) in [6.07, 6.45) is -3.18. The second-order valence-electron chi connectivity index (χ2n) is 7.99. The highest BCUT2D eigenvalue weighted by atomic mass is 35.5. The molecule has 0 radical (unpaired) electrons. The summed E-state index contributed by atoms with van der Waals surface area (Å²) in [7, 11) is 0. The maximum absolute atomic E-state index is 13.0. The molecule has 190 valence electrons. The largest absolute Gasteiger partial charge is 0.416 e. The van der Waals surface area contributed by atoms with Gasteiger partial charge in [0.2, 0.25) is 0 Å². The molecule has 1 aliphatic rings. The molecule has 2 heterocycles. The van der Waals surface area contributed by atoms with Crippen molar-refractivity contribution in [3.05, 3.63) is 76.3 Å². The highest BCUT2D eigenvalue weighted by molar-refractivity contribution is 6.34.